The van der Waals surface area contributed by atoms with Crippen LogP contribution in [0.15, 0.2) is 30.3 Å². The summed E-state index contributed by atoms with van der Waals surface area (Å²) < 4.78 is 25.5. The van der Waals surface area contributed by atoms with E-state index in [1.165, 1.54) is 44.1 Å². The molecule has 1 aromatic carbocycles. The molecule has 0 radical (unpaired) electrons. The van der Waals surface area contributed by atoms with Crippen molar-refractivity contribution in [1.29, 1.82) is 0 Å². The SMILES string of the molecule is CCOP(=O)(OCC)C(NC(c1ccccc1)C12CC3CC(CC(C3)C1)C2)C(C)C. The Kier molecular flexibility index (Phi) is 6.80. The van der Waals surface area contributed by atoms with Crippen LogP contribution in [0.3, 0.4) is 0 Å². The highest BCUT2D eigenvalue weighted by atomic mass is 31.2. The van der Waals surface area contributed by atoms with E-state index in [0.29, 0.717) is 13.2 Å². The second kappa shape index (κ2) is 9.06. The first-order valence-electron chi connectivity index (χ1n) is 12.1. The normalized spacial score (nSPS) is 32.5. The van der Waals surface area contributed by atoms with Crippen LogP contribution in [0, 0.1) is 29.1 Å². The maximum atomic E-state index is 13.8. The van der Waals surface area contributed by atoms with Gasteiger partial charge in [0.25, 0.3) is 0 Å². The Balaban J connectivity index is 1.71. The number of hydrogen-bond acceptors (Lipinski definition) is 4. The van der Waals surface area contributed by atoms with E-state index < -0.39 is 7.60 Å². The Morgan fingerprint density at radius 1 is 0.967 bits per heavy atom. The minimum absolute atomic E-state index is 0.147. The molecule has 4 aliphatic carbocycles. The molecule has 168 valence electrons. The van der Waals surface area contributed by atoms with Gasteiger partial charge in [-0.1, -0.05) is 44.2 Å². The van der Waals surface area contributed by atoms with Crippen molar-refractivity contribution in [2.75, 3.05) is 13.2 Å². The van der Waals surface area contributed by atoms with Gasteiger partial charge < -0.3 is 9.05 Å². The molecule has 0 aliphatic heterocycles. The molecule has 0 aromatic heterocycles. The molecule has 0 saturated heterocycles. The Morgan fingerprint density at radius 2 is 1.47 bits per heavy atom. The van der Waals surface area contributed by atoms with E-state index in [4.69, 9.17) is 9.05 Å². The van der Waals surface area contributed by atoms with Gasteiger partial charge in [0, 0.05) is 6.04 Å². The molecule has 4 fully saturated rings. The van der Waals surface area contributed by atoms with E-state index in [0.717, 1.165) is 17.8 Å². The van der Waals surface area contributed by atoms with Crippen molar-refractivity contribution in [1.82, 2.24) is 5.32 Å². The molecule has 0 heterocycles. The Hall–Kier alpha value is -0.670. The summed E-state index contributed by atoms with van der Waals surface area (Å²) in [5.41, 5.74) is 1.58. The summed E-state index contributed by atoms with van der Waals surface area (Å²) >= 11 is 0. The summed E-state index contributed by atoms with van der Waals surface area (Å²) in [6.07, 6.45) is 8.15. The second-order valence-electron chi connectivity index (χ2n) is 10.4. The monoisotopic (exact) mass is 433 g/mol. The van der Waals surface area contributed by atoms with Gasteiger partial charge in [0.15, 0.2) is 0 Å². The lowest BCUT2D eigenvalue weighted by molar-refractivity contribution is -0.0765. The standard InChI is InChI=1S/C25H40NO3P/c1-5-28-30(27,29-6-2)24(18(3)4)26-23(22-10-8-7-9-11-22)25-15-19-12-20(16-25)14-21(13-19)17-25/h7-11,18-21,23-24,26H,5-6,12-17H2,1-4H3. The van der Waals surface area contributed by atoms with Crippen LogP contribution >= 0.6 is 7.60 Å². The van der Waals surface area contributed by atoms with Crippen LogP contribution in [0.5, 0.6) is 0 Å². The van der Waals surface area contributed by atoms with Crippen molar-refractivity contribution < 1.29 is 13.6 Å². The van der Waals surface area contributed by atoms with Crippen LogP contribution < -0.4 is 5.32 Å². The minimum atomic E-state index is -3.26. The van der Waals surface area contributed by atoms with Crippen LogP contribution in [0.2, 0.25) is 0 Å². The highest BCUT2D eigenvalue weighted by molar-refractivity contribution is 7.54. The Labute approximate surface area is 183 Å². The van der Waals surface area contributed by atoms with Gasteiger partial charge in [0.2, 0.25) is 0 Å². The molecule has 4 nitrogen and oxygen atoms in total. The van der Waals surface area contributed by atoms with Gasteiger partial charge in [-0.25, -0.2) is 0 Å². The highest BCUT2D eigenvalue weighted by Crippen LogP contribution is 2.65. The maximum absolute atomic E-state index is 13.8. The topological polar surface area (TPSA) is 47.6 Å². The third kappa shape index (κ3) is 4.31. The molecule has 30 heavy (non-hydrogen) atoms. The molecule has 2 unspecified atom stereocenters. The summed E-state index contributed by atoms with van der Waals surface area (Å²) in [5.74, 6) is 2.44. The van der Waals surface area contributed by atoms with Crippen molar-refractivity contribution >= 4 is 7.60 Å². The van der Waals surface area contributed by atoms with Gasteiger partial charge in [-0.15, -0.1) is 0 Å². The van der Waals surface area contributed by atoms with Gasteiger partial charge in [-0.05, 0) is 87.0 Å². The fourth-order valence-electron chi connectivity index (χ4n) is 7.18. The molecule has 5 heteroatoms. The second-order valence-corrected chi connectivity index (χ2v) is 12.5. The van der Waals surface area contributed by atoms with Gasteiger partial charge in [0.05, 0.1) is 13.2 Å². The molecular weight excluding hydrogens is 393 g/mol. The van der Waals surface area contributed by atoms with E-state index in [1.807, 2.05) is 13.8 Å². The summed E-state index contributed by atoms with van der Waals surface area (Å²) in [6.45, 7) is 8.85. The predicted octanol–water partition coefficient (Wildman–Crippen LogP) is 6.78. The summed E-state index contributed by atoms with van der Waals surface area (Å²) in [7, 11) is -3.26. The molecule has 0 spiro atoms. The minimum Gasteiger partial charge on any atom is -0.308 e. The van der Waals surface area contributed by atoms with Gasteiger partial charge in [-0.3, -0.25) is 9.88 Å². The smallest absolute Gasteiger partial charge is 0.308 e. The zero-order valence-electron chi connectivity index (χ0n) is 19.2. The average Bonchev–Trinajstić information content (AvgIpc) is 2.68. The molecule has 2 atom stereocenters. The summed E-state index contributed by atoms with van der Waals surface area (Å²) in [4.78, 5) is 0. The van der Waals surface area contributed by atoms with Crippen molar-refractivity contribution in [3.63, 3.8) is 0 Å². The van der Waals surface area contributed by atoms with Crippen LogP contribution in [0.4, 0.5) is 0 Å². The first-order chi connectivity index (χ1) is 14.4. The molecule has 5 rings (SSSR count). The molecule has 4 aliphatic rings. The lowest BCUT2D eigenvalue weighted by atomic mass is 9.47. The van der Waals surface area contributed by atoms with Crippen LogP contribution in [0.1, 0.15) is 77.8 Å². The first kappa shape index (κ1) is 22.5. The van der Waals surface area contributed by atoms with Crippen molar-refractivity contribution in [3.8, 4) is 0 Å². The fourth-order valence-corrected chi connectivity index (χ4v) is 9.36. The van der Waals surface area contributed by atoms with Crippen molar-refractivity contribution in [2.24, 2.45) is 29.1 Å². The number of rotatable bonds is 10. The third-order valence-electron chi connectivity index (χ3n) is 7.76. The fraction of sp³-hybridized carbons (Fsp3) is 0.760. The molecule has 0 amide bonds. The maximum Gasteiger partial charge on any atom is 0.347 e. The zero-order valence-corrected chi connectivity index (χ0v) is 20.1. The molecule has 4 bridgehead atoms. The molecule has 1 aromatic rings. The Bertz CT molecular complexity index is 705. The van der Waals surface area contributed by atoms with Crippen LogP contribution in [-0.2, 0) is 13.6 Å². The summed E-state index contributed by atoms with van der Waals surface area (Å²) in [5, 5.41) is 3.92. The van der Waals surface area contributed by atoms with E-state index in [9.17, 15) is 4.57 Å². The van der Waals surface area contributed by atoms with Crippen LogP contribution in [0.25, 0.3) is 0 Å². The largest absolute Gasteiger partial charge is 0.347 e. The number of nitrogens with one attached hydrogen (secondary N) is 1. The van der Waals surface area contributed by atoms with Crippen LogP contribution in [-0.4, -0.2) is 19.0 Å². The molecule has 4 saturated carbocycles. The lowest BCUT2D eigenvalue weighted by Gasteiger charge is -2.60. The molecule has 1 N–H and O–H groups in total. The average molecular weight is 434 g/mol. The number of benzene rings is 1. The third-order valence-corrected chi connectivity index (χ3v) is 10.4. The number of hydrogen-bond donors (Lipinski definition) is 1. The Morgan fingerprint density at radius 3 is 1.90 bits per heavy atom. The predicted molar refractivity (Wildman–Crippen MR) is 122 cm³/mol. The quantitative estimate of drug-likeness (QED) is 0.413. The van der Waals surface area contributed by atoms with Gasteiger partial charge >= 0.3 is 7.60 Å². The van der Waals surface area contributed by atoms with Gasteiger partial charge in [-0.2, -0.15) is 0 Å². The van der Waals surface area contributed by atoms with E-state index >= 15 is 0 Å². The van der Waals surface area contributed by atoms with Crippen molar-refractivity contribution in [3.05, 3.63) is 35.9 Å². The van der Waals surface area contributed by atoms with Gasteiger partial charge in [0.1, 0.15) is 5.78 Å². The van der Waals surface area contributed by atoms with Crippen molar-refractivity contribution in [2.45, 2.75) is 78.0 Å². The molecular formula is C25H40NO3P. The lowest BCUT2D eigenvalue weighted by Crippen LogP contribution is -2.54. The van der Waals surface area contributed by atoms with E-state index in [-0.39, 0.29) is 23.2 Å². The van der Waals surface area contributed by atoms with E-state index in [2.05, 4.69) is 49.5 Å². The van der Waals surface area contributed by atoms with E-state index in [1.54, 1.807) is 0 Å². The highest BCUT2D eigenvalue weighted by Gasteiger charge is 2.55. The summed E-state index contributed by atoms with van der Waals surface area (Å²) in [6, 6.07) is 11.1. The zero-order chi connectivity index (χ0) is 21.4. The first-order valence-corrected chi connectivity index (χ1v) is 13.7.